The van der Waals surface area contributed by atoms with Gasteiger partial charge in [0.05, 0.1) is 29.4 Å². The fourth-order valence-corrected chi connectivity index (χ4v) is 2.23. The van der Waals surface area contributed by atoms with E-state index in [-0.39, 0.29) is 35.1 Å². The first-order chi connectivity index (χ1) is 12.9. The summed E-state index contributed by atoms with van der Waals surface area (Å²) in [4.78, 5) is 23.3. The van der Waals surface area contributed by atoms with Crippen LogP contribution >= 0.6 is 23.8 Å². The van der Waals surface area contributed by atoms with E-state index in [1.165, 1.54) is 25.1 Å². The van der Waals surface area contributed by atoms with Gasteiger partial charge >= 0.3 is 18.1 Å². The second-order valence-electron chi connectivity index (χ2n) is 5.54. The molecule has 1 rings (SSSR count). The highest BCUT2D eigenvalue weighted by molar-refractivity contribution is 7.80. The van der Waals surface area contributed by atoms with E-state index in [0.717, 1.165) is 0 Å². The van der Waals surface area contributed by atoms with Crippen LogP contribution in [0.25, 0.3) is 0 Å². The van der Waals surface area contributed by atoms with E-state index in [4.69, 9.17) is 28.6 Å². The third-order valence-electron chi connectivity index (χ3n) is 2.89. The maximum absolute atomic E-state index is 13.1. The van der Waals surface area contributed by atoms with Gasteiger partial charge in [-0.3, -0.25) is 0 Å². The number of nitrogens with one attached hydrogen (secondary N) is 2. The molecule has 2 N–H and O–H groups in total. The fraction of sp³-hybridized carbons (Fsp3) is 0.353. The summed E-state index contributed by atoms with van der Waals surface area (Å²) in [6.07, 6.45) is -5.00. The third-order valence-corrected chi connectivity index (χ3v) is 3.42. The van der Waals surface area contributed by atoms with Gasteiger partial charge in [0.2, 0.25) is 0 Å². The van der Waals surface area contributed by atoms with Crippen molar-refractivity contribution in [2.45, 2.75) is 33.1 Å². The normalized spacial score (nSPS) is 11.8. The van der Waals surface area contributed by atoms with Crippen LogP contribution in [0.3, 0.4) is 0 Å². The average molecular weight is 439 g/mol. The van der Waals surface area contributed by atoms with Gasteiger partial charge in [-0.05, 0) is 51.2 Å². The van der Waals surface area contributed by atoms with Crippen LogP contribution in [-0.2, 0) is 14.3 Å². The number of esters is 2. The van der Waals surface area contributed by atoms with Crippen LogP contribution in [0.4, 0.5) is 18.9 Å². The van der Waals surface area contributed by atoms with Crippen molar-refractivity contribution >= 4 is 46.6 Å². The van der Waals surface area contributed by atoms with Crippen LogP contribution < -0.4 is 10.6 Å². The molecule has 0 fully saturated rings. The number of alkyl halides is 3. The molecule has 0 bridgehead atoms. The molecule has 0 radical (unpaired) electrons. The van der Waals surface area contributed by atoms with Gasteiger partial charge in [0, 0.05) is 5.69 Å². The van der Waals surface area contributed by atoms with E-state index < -0.39 is 28.9 Å². The first-order valence-electron chi connectivity index (χ1n) is 7.98. The Bertz CT molecular complexity index is 782. The summed E-state index contributed by atoms with van der Waals surface area (Å²) in [7, 11) is 0. The highest BCUT2D eigenvalue weighted by Crippen LogP contribution is 2.25. The minimum absolute atomic E-state index is 0.0151. The van der Waals surface area contributed by atoms with Crippen LogP contribution in [0.2, 0.25) is 5.02 Å². The molecular weight excluding hydrogens is 421 g/mol. The summed E-state index contributed by atoms with van der Waals surface area (Å²) in [5.41, 5.74) is -1.20. The molecule has 0 heterocycles. The lowest BCUT2D eigenvalue weighted by atomic mass is 10.2. The van der Waals surface area contributed by atoms with Crippen molar-refractivity contribution < 1.29 is 32.2 Å². The van der Waals surface area contributed by atoms with Crippen LogP contribution in [0.1, 0.15) is 31.1 Å². The van der Waals surface area contributed by atoms with E-state index in [0.29, 0.717) is 0 Å². The zero-order valence-corrected chi connectivity index (χ0v) is 16.7. The number of hydrogen-bond acceptors (Lipinski definition) is 5. The summed E-state index contributed by atoms with van der Waals surface area (Å²) in [5.74, 6) is -1.86. The summed E-state index contributed by atoms with van der Waals surface area (Å²) in [6.45, 7) is 4.69. The van der Waals surface area contributed by atoms with E-state index in [2.05, 4.69) is 10.1 Å². The largest absolute Gasteiger partial charge is 0.463 e. The maximum Gasteiger partial charge on any atom is 0.431 e. The van der Waals surface area contributed by atoms with Crippen LogP contribution in [-0.4, -0.2) is 35.9 Å². The Morgan fingerprint density at radius 2 is 1.96 bits per heavy atom. The Morgan fingerprint density at radius 3 is 2.50 bits per heavy atom. The molecule has 0 atom stereocenters. The summed E-state index contributed by atoms with van der Waals surface area (Å²) < 4.78 is 48.7. The number of anilines is 1. The number of benzene rings is 1. The van der Waals surface area contributed by atoms with E-state index >= 15 is 0 Å². The van der Waals surface area contributed by atoms with Gasteiger partial charge in [0.1, 0.15) is 5.70 Å². The van der Waals surface area contributed by atoms with Gasteiger partial charge in [-0.1, -0.05) is 11.6 Å². The molecule has 0 aliphatic carbocycles. The number of allylic oxidation sites excluding steroid dienone is 1. The maximum atomic E-state index is 13.1. The van der Waals surface area contributed by atoms with Gasteiger partial charge in [0.15, 0.2) is 5.11 Å². The molecule has 28 heavy (non-hydrogen) atoms. The number of rotatable bonds is 6. The number of carbonyl (C=O) groups is 2. The second-order valence-corrected chi connectivity index (χ2v) is 6.35. The third kappa shape index (κ3) is 7.73. The molecule has 11 heteroatoms. The average Bonchev–Trinajstić information content (AvgIpc) is 2.54. The highest BCUT2D eigenvalue weighted by Gasteiger charge is 2.35. The molecule has 1 aromatic rings. The highest BCUT2D eigenvalue weighted by atomic mass is 35.5. The molecule has 0 aliphatic rings. The Hall–Kier alpha value is -2.33. The monoisotopic (exact) mass is 438 g/mol. The van der Waals surface area contributed by atoms with Crippen LogP contribution in [0, 0.1) is 0 Å². The Kier molecular flexibility index (Phi) is 8.70. The van der Waals surface area contributed by atoms with Gasteiger partial charge in [0.25, 0.3) is 0 Å². The Balaban J connectivity index is 2.97. The Morgan fingerprint density at radius 1 is 1.32 bits per heavy atom. The van der Waals surface area contributed by atoms with E-state index in [9.17, 15) is 22.8 Å². The zero-order chi connectivity index (χ0) is 21.5. The van der Waals surface area contributed by atoms with Crippen molar-refractivity contribution in [1.29, 1.82) is 0 Å². The van der Waals surface area contributed by atoms with Gasteiger partial charge < -0.3 is 20.1 Å². The number of hydrogen-bond donors (Lipinski definition) is 2. The first kappa shape index (κ1) is 23.7. The van der Waals surface area contributed by atoms with Crippen LogP contribution in [0.15, 0.2) is 30.0 Å². The van der Waals surface area contributed by atoms with Gasteiger partial charge in [-0.15, -0.1) is 0 Å². The second kappa shape index (κ2) is 10.3. The summed E-state index contributed by atoms with van der Waals surface area (Å²) in [5, 5.41) is 4.03. The lowest BCUT2D eigenvalue weighted by Crippen LogP contribution is -2.35. The molecule has 6 nitrogen and oxygen atoms in total. The predicted octanol–water partition coefficient (Wildman–Crippen LogP) is 4.20. The number of thiocarbonyl (C=S) groups is 1. The van der Waals surface area contributed by atoms with Crippen molar-refractivity contribution in [1.82, 2.24) is 5.32 Å². The number of halogens is 4. The number of ether oxygens (including phenoxy) is 2. The molecule has 0 aliphatic heterocycles. The first-order valence-corrected chi connectivity index (χ1v) is 8.76. The zero-order valence-electron chi connectivity index (χ0n) is 15.1. The quantitative estimate of drug-likeness (QED) is 0.391. The van der Waals surface area contributed by atoms with Crippen molar-refractivity contribution in [3.8, 4) is 0 Å². The summed E-state index contributed by atoms with van der Waals surface area (Å²) >= 11 is 10.8. The molecule has 0 saturated heterocycles. The SMILES string of the molecule is CCOC(=O)C=C(NC(=S)Nc1ccc(Cl)c(C(=O)OC(C)C)c1)C(F)(F)F. The van der Waals surface area contributed by atoms with E-state index in [1.54, 1.807) is 13.8 Å². The van der Waals surface area contributed by atoms with Crippen molar-refractivity contribution in [2.24, 2.45) is 0 Å². The molecule has 0 amide bonds. The van der Waals surface area contributed by atoms with Crippen LogP contribution in [0.5, 0.6) is 0 Å². The minimum Gasteiger partial charge on any atom is -0.463 e. The lowest BCUT2D eigenvalue weighted by molar-refractivity contribution is -0.138. The molecule has 154 valence electrons. The van der Waals surface area contributed by atoms with Gasteiger partial charge in [-0.25, -0.2) is 9.59 Å². The minimum atomic E-state index is -4.87. The van der Waals surface area contributed by atoms with Crippen molar-refractivity contribution in [3.05, 3.63) is 40.6 Å². The molecular formula is C17H18ClF3N2O4S. The molecule has 0 saturated carbocycles. The summed E-state index contributed by atoms with van der Waals surface area (Å²) in [6, 6.07) is 4.05. The fourth-order valence-electron chi connectivity index (χ4n) is 1.81. The predicted molar refractivity (Wildman–Crippen MR) is 102 cm³/mol. The Labute approximate surface area is 170 Å². The molecule has 1 aromatic carbocycles. The van der Waals surface area contributed by atoms with E-state index in [1.807, 2.05) is 5.32 Å². The molecule has 0 unspecified atom stereocenters. The molecule has 0 spiro atoms. The topological polar surface area (TPSA) is 76.7 Å². The van der Waals surface area contributed by atoms with Crippen molar-refractivity contribution in [2.75, 3.05) is 11.9 Å². The smallest absolute Gasteiger partial charge is 0.431 e. The molecule has 0 aromatic heterocycles. The van der Waals surface area contributed by atoms with Crippen molar-refractivity contribution in [3.63, 3.8) is 0 Å². The van der Waals surface area contributed by atoms with Gasteiger partial charge in [-0.2, -0.15) is 13.2 Å². The lowest BCUT2D eigenvalue weighted by Gasteiger charge is -2.16. The number of carbonyl (C=O) groups excluding carboxylic acids is 2. The standard InChI is InChI=1S/C17H18ClF3N2O4S/c1-4-26-14(24)8-13(17(19,20)21)23-16(28)22-10-5-6-12(18)11(7-10)15(25)27-9(2)3/h5-9H,4H2,1-3H3,(H2,22,23,28).